The average molecular weight is 465 g/mol. The third-order valence-corrected chi connectivity index (χ3v) is 6.64. The van der Waals surface area contributed by atoms with E-state index < -0.39 is 5.97 Å². The van der Waals surface area contributed by atoms with Crippen LogP contribution >= 0.6 is 23.4 Å². The summed E-state index contributed by atoms with van der Waals surface area (Å²) in [5.74, 6) is -0.868. The van der Waals surface area contributed by atoms with E-state index in [-0.39, 0.29) is 40.2 Å². The predicted molar refractivity (Wildman–Crippen MR) is 125 cm³/mol. The summed E-state index contributed by atoms with van der Waals surface area (Å²) in [5.41, 5.74) is 2.25. The van der Waals surface area contributed by atoms with Gasteiger partial charge in [0.15, 0.2) is 0 Å². The molecule has 0 bridgehead atoms. The normalized spacial score (nSPS) is 15.4. The topological polar surface area (TPSA) is 76.7 Å². The lowest BCUT2D eigenvalue weighted by Gasteiger charge is -2.26. The largest absolute Gasteiger partial charge is 0.507 e. The van der Waals surface area contributed by atoms with Crippen LogP contribution in [0, 0.1) is 0 Å². The molecule has 7 heteroatoms. The molecule has 160 valence electrons. The number of halogens is 1. The van der Waals surface area contributed by atoms with Gasteiger partial charge in [-0.15, -0.1) is 11.8 Å². The van der Waals surface area contributed by atoms with Crippen molar-refractivity contribution >= 4 is 40.3 Å². The highest BCUT2D eigenvalue weighted by molar-refractivity contribution is 7.98. The summed E-state index contributed by atoms with van der Waals surface area (Å²) in [6.45, 7) is 0. The number of phenols is 1. The fourth-order valence-corrected chi connectivity index (χ4v) is 4.62. The lowest BCUT2D eigenvalue weighted by molar-refractivity contribution is -0.135. The van der Waals surface area contributed by atoms with Crippen molar-refractivity contribution in [2.75, 3.05) is 6.26 Å². The zero-order valence-electron chi connectivity index (χ0n) is 16.9. The van der Waals surface area contributed by atoms with Gasteiger partial charge >= 0.3 is 5.97 Å². The fourth-order valence-electron chi connectivity index (χ4n) is 4.08. The van der Waals surface area contributed by atoms with Gasteiger partial charge in [0.05, 0.1) is 12.0 Å². The number of rotatable bonds is 3. The van der Waals surface area contributed by atoms with Crippen molar-refractivity contribution < 1.29 is 19.1 Å². The van der Waals surface area contributed by atoms with Gasteiger partial charge in [0.25, 0.3) is 0 Å². The number of carbonyl (C=O) groups excluding carboxylic acids is 1. The number of hydrogen-bond acceptors (Lipinski definition) is 6. The standard InChI is InChI=1S/C25H17ClO5S/c1-32-16-8-4-13(5-9-16)17-10-21(28)31-20-11-19(27)23-24(29)18(12-30-25(23)22(17)20)14-2-6-15(26)7-3-14/h2-9,11-12,17,27H,10H2,1H3. The minimum absolute atomic E-state index is 0.0554. The Hall–Kier alpha value is -3.22. The highest BCUT2D eigenvalue weighted by Gasteiger charge is 2.33. The van der Waals surface area contributed by atoms with Crippen molar-refractivity contribution in [2.24, 2.45) is 0 Å². The minimum Gasteiger partial charge on any atom is -0.507 e. The van der Waals surface area contributed by atoms with Crippen LogP contribution in [0.1, 0.15) is 23.5 Å². The number of thioether (sulfide) groups is 1. The second kappa shape index (κ2) is 8.04. The van der Waals surface area contributed by atoms with E-state index in [1.54, 1.807) is 36.0 Å². The first-order chi connectivity index (χ1) is 15.5. The maximum absolute atomic E-state index is 13.3. The van der Waals surface area contributed by atoms with Crippen molar-refractivity contribution in [2.45, 2.75) is 17.2 Å². The van der Waals surface area contributed by atoms with Crippen LogP contribution in [-0.4, -0.2) is 17.3 Å². The number of ether oxygens (including phenoxy) is 1. The van der Waals surface area contributed by atoms with Crippen molar-refractivity contribution in [1.29, 1.82) is 0 Å². The van der Waals surface area contributed by atoms with Crippen molar-refractivity contribution in [3.63, 3.8) is 0 Å². The number of benzene rings is 3. The van der Waals surface area contributed by atoms with Gasteiger partial charge in [-0.1, -0.05) is 35.9 Å². The monoisotopic (exact) mass is 464 g/mol. The molecule has 0 saturated carbocycles. The Balaban J connectivity index is 1.74. The molecule has 1 aliphatic rings. The summed E-state index contributed by atoms with van der Waals surface area (Å²) in [7, 11) is 0. The predicted octanol–water partition coefficient (Wildman–Crippen LogP) is 5.98. The first-order valence-electron chi connectivity index (χ1n) is 9.88. The van der Waals surface area contributed by atoms with Crippen LogP contribution in [0.2, 0.25) is 5.02 Å². The summed E-state index contributed by atoms with van der Waals surface area (Å²) in [4.78, 5) is 26.7. The summed E-state index contributed by atoms with van der Waals surface area (Å²) in [6.07, 6.45) is 3.47. The molecular formula is C25H17ClO5S. The lowest BCUT2D eigenvalue weighted by atomic mass is 9.85. The van der Waals surface area contributed by atoms with E-state index >= 15 is 0 Å². The van der Waals surface area contributed by atoms with E-state index in [4.69, 9.17) is 20.8 Å². The van der Waals surface area contributed by atoms with Gasteiger partial charge in [-0.05, 0) is 41.6 Å². The molecule has 1 aromatic heterocycles. The Labute approximate surface area is 192 Å². The zero-order valence-corrected chi connectivity index (χ0v) is 18.5. The molecule has 0 radical (unpaired) electrons. The molecule has 1 unspecified atom stereocenters. The smallest absolute Gasteiger partial charge is 0.312 e. The molecule has 1 aliphatic heterocycles. The first-order valence-corrected chi connectivity index (χ1v) is 11.5. The van der Waals surface area contributed by atoms with Gasteiger partial charge < -0.3 is 14.3 Å². The van der Waals surface area contributed by atoms with Crippen LogP contribution in [0.15, 0.2) is 75.0 Å². The van der Waals surface area contributed by atoms with Crippen LogP contribution in [0.4, 0.5) is 0 Å². The highest BCUT2D eigenvalue weighted by atomic mass is 35.5. The number of esters is 1. The molecule has 2 heterocycles. The number of hydrogen-bond donors (Lipinski definition) is 1. The Bertz CT molecular complexity index is 1410. The van der Waals surface area contributed by atoms with Crippen LogP contribution in [0.25, 0.3) is 22.1 Å². The second-order valence-electron chi connectivity index (χ2n) is 7.50. The molecule has 5 rings (SSSR count). The van der Waals surface area contributed by atoms with Crippen molar-refractivity contribution in [1.82, 2.24) is 0 Å². The van der Waals surface area contributed by atoms with Crippen LogP contribution < -0.4 is 10.2 Å². The SMILES string of the molecule is CSc1ccc(C2CC(=O)Oc3cc(O)c4c(=O)c(-c5ccc(Cl)cc5)coc4c32)cc1. The van der Waals surface area contributed by atoms with Gasteiger partial charge in [-0.2, -0.15) is 0 Å². The van der Waals surface area contributed by atoms with E-state index in [9.17, 15) is 14.7 Å². The number of aromatic hydroxyl groups is 1. The Morgan fingerprint density at radius 2 is 1.78 bits per heavy atom. The van der Waals surface area contributed by atoms with Gasteiger partial charge in [0.1, 0.15) is 28.7 Å². The molecule has 0 spiro atoms. The van der Waals surface area contributed by atoms with Crippen molar-refractivity contribution in [3.8, 4) is 22.6 Å². The molecule has 1 atom stereocenters. The quantitative estimate of drug-likeness (QED) is 0.228. The Morgan fingerprint density at radius 1 is 1.06 bits per heavy atom. The molecule has 0 fully saturated rings. The van der Waals surface area contributed by atoms with Gasteiger partial charge in [-0.3, -0.25) is 9.59 Å². The second-order valence-corrected chi connectivity index (χ2v) is 8.82. The fraction of sp³-hybridized carbons (Fsp3) is 0.120. The lowest BCUT2D eigenvalue weighted by Crippen LogP contribution is -2.22. The molecule has 0 amide bonds. The Kier molecular flexibility index (Phi) is 5.19. The van der Waals surface area contributed by atoms with E-state index in [1.807, 2.05) is 30.5 Å². The molecule has 5 nitrogen and oxygen atoms in total. The summed E-state index contributed by atoms with van der Waals surface area (Å²) in [5, 5.41) is 11.3. The molecular weight excluding hydrogens is 448 g/mol. The molecule has 0 aliphatic carbocycles. The third-order valence-electron chi connectivity index (χ3n) is 5.64. The van der Waals surface area contributed by atoms with E-state index in [0.29, 0.717) is 21.7 Å². The van der Waals surface area contributed by atoms with E-state index in [2.05, 4.69) is 0 Å². The van der Waals surface area contributed by atoms with Gasteiger partial charge in [-0.25, -0.2) is 0 Å². The number of phenolic OH excluding ortho intramolecular Hbond substituents is 1. The van der Waals surface area contributed by atoms with Crippen LogP contribution in [-0.2, 0) is 4.79 Å². The van der Waals surface area contributed by atoms with Crippen LogP contribution in [0.5, 0.6) is 11.5 Å². The van der Waals surface area contributed by atoms with Gasteiger partial charge in [0, 0.05) is 27.5 Å². The van der Waals surface area contributed by atoms with Crippen LogP contribution in [0.3, 0.4) is 0 Å². The summed E-state index contributed by atoms with van der Waals surface area (Å²) >= 11 is 7.58. The maximum atomic E-state index is 13.3. The third kappa shape index (κ3) is 3.45. The summed E-state index contributed by atoms with van der Waals surface area (Å²) < 4.78 is 11.3. The zero-order chi connectivity index (χ0) is 22.4. The van der Waals surface area contributed by atoms with Gasteiger partial charge in [0.2, 0.25) is 5.43 Å². The number of fused-ring (bicyclic) bond motifs is 3. The molecule has 1 N–H and O–H groups in total. The maximum Gasteiger partial charge on any atom is 0.312 e. The van der Waals surface area contributed by atoms with E-state index in [1.165, 1.54) is 12.3 Å². The molecule has 0 saturated heterocycles. The van der Waals surface area contributed by atoms with E-state index in [0.717, 1.165) is 10.5 Å². The van der Waals surface area contributed by atoms with Crippen molar-refractivity contribution in [3.05, 3.63) is 87.2 Å². The highest BCUT2D eigenvalue weighted by Crippen LogP contribution is 2.45. The molecule has 32 heavy (non-hydrogen) atoms. The summed E-state index contributed by atoms with van der Waals surface area (Å²) in [6, 6.07) is 16.0. The minimum atomic E-state index is -0.407. The average Bonchev–Trinajstić information content (AvgIpc) is 2.79. The molecule has 3 aromatic carbocycles. The Morgan fingerprint density at radius 3 is 2.47 bits per heavy atom. The first kappa shape index (κ1) is 20.7. The number of carbonyl (C=O) groups is 1. The molecule has 4 aromatic rings.